The Hall–Kier alpha value is -2.17. The molecule has 0 spiro atoms. The number of carbonyl (C=O) groups is 2. The van der Waals surface area contributed by atoms with Crippen molar-refractivity contribution in [1.29, 1.82) is 0 Å². The number of nitrogens with zero attached hydrogens (tertiary/aromatic N) is 3. The summed E-state index contributed by atoms with van der Waals surface area (Å²) in [7, 11) is -3.82. The third-order valence-electron chi connectivity index (χ3n) is 7.04. The van der Waals surface area contributed by atoms with Gasteiger partial charge in [-0.1, -0.05) is 13.8 Å². The van der Waals surface area contributed by atoms with Gasteiger partial charge in [-0.15, -0.1) is 0 Å². The van der Waals surface area contributed by atoms with Gasteiger partial charge in [0, 0.05) is 45.3 Å². The minimum absolute atomic E-state index is 0.0649. The molecule has 3 aliphatic heterocycles. The number of carbonyl (C=O) groups excluding carboxylic acids is 2. The molecule has 2 saturated heterocycles. The highest BCUT2D eigenvalue weighted by Gasteiger charge is 2.37. The van der Waals surface area contributed by atoms with Gasteiger partial charge in [-0.2, -0.15) is 4.31 Å². The highest BCUT2D eigenvalue weighted by atomic mass is 32.2. The van der Waals surface area contributed by atoms with Crippen LogP contribution in [0.3, 0.4) is 0 Å². The number of sulfonamides is 1. The van der Waals surface area contributed by atoms with E-state index in [1.165, 1.54) is 10.4 Å². The molecule has 0 bridgehead atoms. The highest BCUT2D eigenvalue weighted by molar-refractivity contribution is 7.89. The standard InChI is InChI=1S/C24H36N4O5S/c1-4-8-26-10-12-27(13-11-26)24(30)18-7-6-9-28(16-18)34(31,32)22-15-21-19(14-17(22)3)25-23(29)20(5-2)33-21/h14-15,18,20H,4-13,16H2,1-3H3,(H,25,29)/t18-,20-/m0/s1. The molecule has 34 heavy (non-hydrogen) atoms. The molecule has 2 atom stereocenters. The van der Waals surface area contributed by atoms with Gasteiger partial charge >= 0.3 is 0 Å². The molecule has 188 valence electrons. The van der Waals surface area contributed by atoms with Crippen molar-refractivity contribution in [3.63, 3.8) is 0 Å². The molecular weight excluding hydrogens is 456 g/mol. The maximum Gasteiger partial charge on any atom is 0.265 e. The normalized spacial score (nSPS) is 24.3. The lowest BCUT2D eigenvalue weighted by atomic mass is 9.98. The molecule has 4 rings (SSSR count). The van der Waals surface area contributed by atoms with Crippen molar-refractivity contribution in [3.05, 3.63) is 17.7 Å². The van der Waals surface area contributed by atoms with E-state index >= 15 is 0 Å². The lowest BCUT2D eigenvalue weighted by Crippen LogP contribution is -2.53. The van der Waals surface area contributed by atoms with Gasteiger partial charge < -0.3 is 15.0 Å². The maximum atomic E-state index is 13.6. The first-order valence-electron chi connectivity index (χ1n) is 12.4. The van der Waals surface area contributed by atoms with Crippen molar-refractivity contribution >= 4 is 27.5 Å². The summed E-state index contributed by atoms with van der Waals surface area (Å²) >= 11 is 0. The first-order chi connectivity index (χ1) is 16.2. The van der Waals surface area contributed by atoms with E-state index in [9.17, 15) is 18.0 Å². The number of benzene rings is 1. The number of ether oxygens (including phenoxy) is 1. The number of piperazine rings is 1. The smallest absolute Gasteiger partial charge is 0.265 e. The van der Waals surface area contributed by atoms with E-state index in [-0.39, 0.29) is 29.2 Å². The van der Waals surface area contributed by atoms with Crippen LogP contribution in [0.1, 0.15) is 45.1 Å². The molecule has 0 saturated carbocycles. The van der Waals surface area contributed by atoms with Crippen LogP contribution in [-0.2, 0) is 19.6 Å². The molecule has 2 amide bonds. The van der Waals surface area contributed by atoms with Gasteiger partial charge in [-0.05, 0) is 50.8 Å². The Bertz CT molecular complexity index is 1040. The zero-order valence-electron chi connectivity index (χ0n) is 20.4. The summed E-state index contributed by atoms with van der Waals surface area (Å²) in [5.41, 5.74) is 1.03. The number of hydrogen-bond donors (Lipinski definition) is 1. The predicted molar refractivity (Wildman–Crippen MR) is 129 cm³/mol. The molecule has 0 radical (unpaired) electrons. The number of aryl methyl sites for hydroxylation is 1. The van der Waals surface area contributed by atoms with Crippen molar-refractivity contribution in [2.45, 2.75) is 57.5 Å². The number of rotatable bonds is 6. The van der Waals surface area contributed by atoms with E-state index in [1.807, 2.05) is 11.8 Å². The van der Waals surface area contributed by atoms with Crippen LogP contribution in [0.4, 0.5) is 5.69 Å². The monoisotopic (exact) mass is 492 g/mol. The maximum absolute atomic E-state index is 13.6. The fourth-order valence-corrected chi connectivity index (χ4v) is 6.84. The zero-order chi connectivity index (χ0) is 24.5. The van der Waals surface area contributed by atoms with E-state index in [4.69, 9.17) is 4.74 Å². The number of piperidine rings is 1. The van der Waals surface area contributed by atoms with Gasteiger partial charge in [-0.25, -0.2) is 8.42 Å². The zero-order valence-corrected chi connectivity index (χ0v) is 21.2. The van der Waals surface area contributed by atoms with Gasteiger partial charge in [0.15, 0.2) is 6.10 Å². The average Bonchev–Trinajstić information content (AvgIpc) is 2.83. The molecule has 1 aromatic rings. The van der Waals surface area contributed by atoms with Gasteiger partial charge in [0.25, 0.3) is 5.91 Å². The van der Waals surface area contributed by atoms with E-state index < -0.39 is 16.1 Å². The minimum Gasteiger partial charge on any atom is -0.478 e. The third-order valence-corrected chi connectivity index (χ3v) is 9.05. The van der Waals surface area contributed by atoms with Crippen LogP contribution in [-0.4, -0.2) is 86.3 Å². The van der Waals surface area contributed by atoms with Crippen molar-refractivity contribution in [2.24, 2.45) is 5.92 Å². The molecule has 3 aliphatic rings. The summed E-state index contributed by atoms with van der Waals surface area (Å²) < 4.78 is 34.5. The van der Waals surface area contributed by atoms with Crippen LogP contribution in [0.5, 0.6) is 5.75 Å². The highest BCUT2D eigenvalue weighted by Crippen LogP contribution is 2.36. The lowest BCUT2D eigenvalue weighted by Gasteiger charge is -2.38. The molecule has 0 unspecified atom stereocenters. The number of anilines is 1. The molecule has 9 nitrogen and oxygen atoms in total. The number of fused-ring (bicyclic) bond motifs is 1. The molecular formula is C24H36N4O5S. The van der Waals surface area contributed by atoms with Crippen molar-refractivity contribution in [1.82, 2.24) is 14.1 Å². The van der Waals surface area contributed by atoms with Crippen molar-refractivity contribution < 1.29 is 22.7 Å². The Balaban J connectivity index is 1.49. The molecule has 0 aliphatic carbocycles. The Labute approximate surface area is 202 Å². The summed E-state index contributed by atoms with van der Waals surface area (Å²) in [6.45, 7) is 10.5. The minimum atomic E-state index is -3.82. The van der Waals surface area contributed by atoms with Crippen molar-refractivity contribution in [3.8, 4) is 5.75 Å². The van der Waals surface area contributed by atoms with Crippen molar-refractivity contribution in [2.75, 3.05) is 51.1 Å². The Morgan fingerprint density at radius 3 is 2.56 bits per heavy atom. The van der Waals surface area contributed by atoms with E-state index in [0.29, 0.717) is 55.9 Å². The predicted octanol–water partition coefficient (Wildman–Crippen LogP) is 2.06. The second-order valence-electron chi connectivity index (χ2n) is 9.49. The second kappa shape index (κ2) is 10.2. The Morgan fingerprint density at radius 2 is 1.88 bits per heavy atom. The molecule has 1 aromatic carbocycles. The largest absolute Gasteiger partial charge is 0.478 e. The average molecular weight is 493 g/mol. The molecule has 3 heterocycles. The summed E-state index contributed by atoms with van der Waals surface area (Å²) in [5.74, 6) is -0.114. The van der Waals surface area contributed by atoms with Crippen LogP contribution < -0.4 is 10.1 Å². The number of amides is 2. The van der Waals surface area contributed by atoms with Crippen LogP contribution in [0, 0.1) is 12.8 Å². The SMILES string of the molecule is CCCN1CCN(C(=O)[C@H]2CCCN(S(=O)(=O)c3cc4c(cc3C)NC(=O)[C@H](CC)O4)C2)CC1. The van der Waals surface area contributed by atoms with Crippen LogP contribution in [0.25, 0.3) is 0 Å². The topological polar surface area (TPSA) is 99.3 Å². The number of nitrogens with one attached hydrogen (secondary N) is 1. The van der Waals surface area contributed by atoms with Crippen LogP contribution in [0.15, 0.2) is 17.0 Å². The van der Waals surface area contributed by atoms with Gasteiger partial charge in [-0.3, -0.25) is 14.5 Å². The van der Waals surface area contributed by atoms with Gasteiger partial charge in [0.1, 0.15) is 5.75 Å². The van der Waals surface area contributed by atoms with Gasteiger partial charge in [0.2, 0.25) is 15.9 Å². The summed E-state index contributed by atoms with van der Waals surface area (Å²) in [6, 6.07) is 3.16. The molecule has 1 N–H and O–H groups in total. The Kier molecular flexibility index (Phi) is 7.49. The van der Waals surface area contributed by atoms with E-state index in [1.54, 1.807) is 13.0 Å². The van der Waals surface area contributed by atoms with Crippen LogP contribution in [0.2, 0.25) is 0 Å². The van der Waals surface area contributed by atoms with Gasteiger partial charge in [0.05, 0.1) is 16.5 Å². The summed E-state index contributed by atoms with van der Waals surface area (Å²) in [6.07, 6.45) is 2.31. The lowest BCUT2D eigenvalue weighted by molar-refractivity contribution is -0.138. The third kappa shape index (κ3) is 4.94. The Morgan fingerprint density at radius 1 is 1.15 bits per heavy atom. The molecule has 2 fully saturated rings. The number of hydrogen-bond acceptors (Lipinski definition) is 6. The van der Waals surface area contributed by atoms with Crippen LogP contribution >= 0.6 is 0 Å². The molecule has 0 aromatic heterocycles. The first-order valence-corrected chi connectivity index (χ1v) is 13.8. The molecule has 10 heteroatoms. The second-order valence-corrected chi connectivity index (χ2v) is 11.4. The fraction of sp³-hybridized carbons (Fsp3) is 0.667. The van der Waals surface area contributed by atoms with E-state index in [0.717, 1.165) is 26.1 Å². The quantitative estimate of drug-likeness (QED) is 0.653. The first kappa shape index (κ1) is 24.9. The summed E-state index contributed by atoms with van der Waals surface area (Å²) in [5, 5.41) is 2.80. The fourth-order valence-electron chi connectivity index (χ4n) is 5.10. The summed E-state index contributed by atoms with van der Waals surface area (Å²) in [4.78, 5) is 29.8. The van der Waals surface area contributed by atoms with E-state index in [2.05, 4.69) is 17.1 Å².